The van der Waals surface area contributed by atoms with Crippen LogP contribution in [0.1, 0.15) is 60.3 Å². The molecule has 0 spiro atoms. The maximum Gasteiger partial charge on any atom is 0.256 e. The van der Waals surface area contributed by atoms with Gasteiger partial charge >= 0.3 is 0 Å². The Kier molecular flexibility index (Phi) is 5.16. The molecule has 4 aromatic rings. The molecule has 0 aliphatic carbocycles. The molecule has 1 aromatic carbocycles. The predicted octanol–water partition coefficient (Wildman–Crippen LogP) is 4.19. The Morgan fingerprint density at radius 1 is 1.12 bits per heavy atom. The average molecular weight is 456 g/mol. The molecule has 0 radical (unpaired) electrons. The summed E-state index contributed by atoms with van der Waals surface area (Å²) in [5.41, 5.74) is 4.20. The molecule has 0 saturated carbocycles. The summed E-state index contributed by atoms with van der Waals surface area (Å²) in [5, 5.41) is 14.0. The number of hydrogen-bond acceptors (Lipinski definition) is 6. The second kappa shape index (κ2) is 8.34. The molecule has 8 heteroatoms. The van der Waals surface area contributed by atoms with Crippen LogP contribution in [0, 0.1) is 12.8 Å². The van der Waals surface area contributed by atoms with Crippen LogP contribution in [0.3, 0.4) is 0 Å². The van der Waals surface area contributed by atoms with Crippen molar-refractivity contribution in [1.29, 1.82) is 0 Å². The number of aryl methyl sites for hydroxylation is 1. The molecule has 6 rings (SSSR count). The second-order valence-corrected chi connectivity index (χ2v) is 9.74. The van der Waals surface area contributed by atoms with Crippen molar-refractivity contribution in [3.05, 3.63) is 59.5 Å². The topological polar surface area (TPSA) is 79.5 Å². The number of anilines is 1. The zero-order chi connectivity index (χ0) is 23.2. The highest BCUT2D eigenvalue weighted by molar-refractivity contribution is 6.05. The van der Waals surface area contributed by atoms with Crippen LogP contribution >= 0.6 is 0 Å². The van der Waals surface area contributed by atoms with E-state index in [2.05, 4.69) is 41.2 Å². The number of fused-ring (bicyclic) bond motifs is 2. The van der Waals surface area contributed by atoms with E-state index in [0.717, 1.165) is 66.0 Å². The summed E-state index contributed by atoms with van der Waals surface area (Å²) >= 11 is 0. The zero-order valence-electron chi connectivity index (χ0n) is 19.7. The lowest BCUT2D eigenvalue weighted by Gasteiger charge is -2.34. The van der Waals surface area contributed by atoms with Crippen LogP contribution < -0.4 is 4.90 Å². The molecule has 0 N–H and O–H groups in total. The van der Waals surface area contributed by atoms with Crippen molar-refractivity contribution in [2.75, 3.05) is 24.5 Å². The van der Waals surface area contributed by atoms with E-state index in [1.54, 1.807) is 6.20 Å². The van der Waals surface area contributed by atoms with Crippen LogP contribution in [0.5, 0.6) is 0 Å². The Balaban J connectivity index is 1.35. The summed E-state index contributed by atoms with van der Waals surface area (Å²) in [5.74, 6) is 1.73. The first kappa shape index (κ1) is 21.0. The fourth-order valence-corrected chi connectivity index (χ4v) is 5.44. The Morgan fingerprint density at radius 2 is 2.00 bits per heavy atom. The number of hydrogen-bond donors (Lipinski definition) is 0. The lowest BCUT2D eigenvalue weighted by atomic mass is 9.98. The summed E-state index contributed by atoms with van der Waals surface area (Å²) in [6, 6.07) is 9.66. The van der Waals surface area contributed by atoms with Gasteiger partial charge in [-0.05, 0) is 44.6 Å². The van der Waals surface area contributed by atoms with E-state index < -0.39 is 0 Å². The Bertz CT molecular complexity index is 1380. The van der Waals surface area contributed by atoms with Crippen molar-refractivity contribution in [1.82, 2.24) is 29.7 Å². The number of nitrogens with zero attached hydrogens (tertiary/aromatic N) is 7. The molecular formula is C26H29N7O. The molecule has 2 atom stereocenters. The van der Waals surface area contributed by atoms with Gasteiger partial charge in [0.1, 0.15) is 5.82 Å². The molecule has 174 valence electrons. The number of likely N-dealkylation sites (tertiary alicyclic amines) is 1. The first-order valence-corrected chi connectivity index (χ1v) is 12.2. The quantitative estimate of drug-likeness (QED) is 0.461. The van der Waals surface area contributed by atoms with E-state index in [1.165, 1.54) is 6.42 Å². The van der Waals surface area contributed by atoms with Gasteiger partial charge in [-0.2, -0.15) is 15.3 Å². The molecule has 1 amide bonds. The summed E-state index contributed by atoms with van der Waals surface area (Å²) in [7, 11) is 0. The molecule has 3 aromatic heterocycles. The van der Waals surface area contributed by atoms with Gasteiger partial charge in [0.15, 0.2) is 5.65 Å². The molecule has 5 heterocycles. The van der Waals surface area contributed by atoms with E-state index >= 15 is 0 Å². The number of piperidine rings is 1. The molecule has 8 nitrogen and oxygen atoms in total. The Morgan fingerprint density at radius 3 is 2.85 bits per heavy atom. The zero-order valence-corrected chi connectivity index (χ0v) is 19.7. The minimum absolute atomic E-state index is 0.0104. The van der Waals surface area contributed by atoms with Gasteiger partial charge in [-0.3, -0.25) is 4.79 Å². The number of carbonyl (C=O) groups is 1. The van der Waals surface area contributed by atoms with E-state index in [0.29, 0.717) is 18.0 Å². The average Bonchev–Trinajstić information content (AvgIpc) is 3.48. The summed E-state index contributed by atoms with van der Waals surface area (Å²) in [6.45, 7) is 7.19. The smallest absolute Gasteiger partial charge is 0.256 e. The summed E-state index contributed by atoms with van der Waals surface area (Å²) < 4.78 is 1.87. The van der Waals surface area contributed by atoms with Gasteiger partial charge in [0.2, 0.25) is 0 Å². The van der Waals surface area contributed by atoms with E-state index in [-0.39, 0.29) is 11.9 Å². The van der Waals surface area contributed by atoms with Crippen LogP contribution in [0.25, 0.3) is 16.6 Å². The lowest BCUT2D eigenvalue weighted by molar-refractivity contribution is 0.0607. The Labute approximate surface area is 198 Å². The van der Waals surface area contributed by atoms with Gasteiger partial charge < -0.3 is 9.80 Å². The third-order valence-electron chi connectivity index (χ3n) is 7.23. The predicted molar refractivity (Wildman–Crippen MR) is 131 cm³/mol. The maximum atomic E-state index is 13.7. The summed E-state index contributed by atoms with van der Waals surface area (Å²) in [6.07, 6.45) is 7.81. The standard InChI is InChI=1S/C26H29N7O/c1-17-10-12-31(15-17)25-18(2)16-33-24(28-25)13-22(30-33)23-9-5-6-11-32(23)26(34)20-14-27-29-21-8-4-3-7-19(20)21/h3-4,7-8,13-14,16-17,23H,5-6,9-12,15H2,1-2H3/t17?,23-/m0/s1. The SMILES string of the molecule is Cc1cn2nc([C@@H]3CCCCN3C(=O)c3cnnc4ccccc34)cc2nc1N1CCC(C)C1. The monoisotopic (exact) mass is 455 g/mol. The first-order chi connectivity index (χ1) is 16.6. The van der Waals surface area contributed by atoms with Crippen LogP contribution in [0.15, 0.2) is 42.7 Å². The van der Waals surface area contributed by atoms with Crippen LogP contribution in [0.2, 0.25) is 0 Å². The van der Waals surface area contributed by atoms with Gasteiger partial charge in [-0.1, -0.05) is 25.1 Å². The van der Waals surface area contributed by atoms with Crippen LogP contribution in [-0.2, 0) is 0 Å². The third kappa shape index (κ3) is 3.57. The van der Waals surface area contributed by atoms with Crippen molar-refractivity contribution in [2.45, 2.75) is 45.6 Å². The molecular weight excluding hydrogens is 426 g/mol. The number of aromatic nitrogens is 5. The molecule has 34 heavy (non-hydrogen) atoms. The van der Waals surface area contributed by atoms with E-state index in [9.17, 15) is 4.79 Å². The molecule has 2 aliphatic heterocycles. The van der Waals surface area contributed by atoms with Crippen LogP contribution in [-0.4, -0.2) is 55.2 Å². The van der Waals surface area contributed by atoms with Crippen molar-refractivity contribution < 1.29 is 4.79 Å². The van der Waals surface area contributed by atoms with Gasteiger partial charge in [0.05, 0.1) is 29.0 Å². The van der Waals surface area contributed by atoms with Crippen molar-refractivity contribution in [2.24, 2.45) is 5.92 Å². The minimum atomic E-state index is -0.0783. The molecule has 2 aliphatic rings. The van der Waals surface area contributed by atoms with Gasteiger partial charge in [-0.25, -0.2) is 9.50 Å². The fourth-order valence-electron chi connectivity index (χ4n) is 5.44. The van der Waals surface area contributed by atoms with E-state index in [1.807, 2.05) is 33.7 Å². The number of amides is 1. The molecule has 2 fully saturated rings. The largest absolute Gasteiger partial charge is 0.356 e. The highest BCUT2D eigenvalue weighted by Crippen LogP contribution is 2.33. The number of rotatable bonds is 3. The summed E-state index contributed by atoms with van der Waals surface area (Å²) in [4.78, 5) is 23.0. The Hall–Kier alpha value is -3.55. The van der Waals surface area contributed by atoms with Gasteiger partial charge in [0.25, 0.3) is 5.91 Å². The fraction of sp³-hybridized carbons (Fsp3) is 0.423. The first-order valence-electron chi connectivity index (χ1n) is 12.2. The minimum Gasteiger partial charge on any atom is -0.356 e. The third-order valence-corrected chi connectivity index (χ3v) is 7.23. The van der Waals surface area contributed by atoms with Gasteiger partial charge in [0, 0.05) is 42.8 Å². The second-order valence-electron chi connectivity index (χ2n) is 9.74. The number of carbonyl (C=O) groups excluding carboxylic acids is 1. The van der Waals surface area contributed by atoms with Gasteiger partial charge in [-0.15, -0.1) is 0 Å². The lowest BCUT2D eigenvalue weighted by Crippen LogP contribution is -2.38. The van der Waals surface area contributed by atoms with Crippen molar-refractivity contribution >= 4 is 28.3 Å². The maximum absolute atomic E-state index is 13.7. The highest BCUT2D eigenvalue weighted by atomic mass is 16.2. The molecule has 2 saturated heterocycles. The highest BCUT2D eigenvalue weighted by Gasteiger charge is 2.32. The normalized spacial score (nSPS) is 21.0. The number of benzene rings is 1. The van der Waals surface area contributed by atoms with E-state index in [4.69, 9.17) is 10.1 Å². The van der Waals surface area contributed by atoms with Crippen molar-refractivity contribution in [3.8, 4) is 0 Å². The molecule has 0 bridgehead atoms. The van der Waals surface area contributed by atoms with Crippen LogP contribution in [0.4, 0.5) is 5.82 Å². The molecule has 1 unspecified atom stereocenters. The van der Waals surface area contributed by atoms with Crippen molar-refractivity contribution in [3.63, 3.8) is 0 Å².